The molecule has 24 N–H and O–H groups in total. The molecule has 0 saturated carbocycles. The molecule has 0 radical (unpaired) electrons. The number of nitrogens with zero attached hydrogens (tertiary/aromatic N) is 1. The predicted molar refractivity (Wildman–Crippen MR) is 320 cm³/mol. The number of thioether (sulfide) groups is 1. The maximum atomic E-state index is 14.1. The third kappa shape index (κ3) is 31.8. The number of aliphatic carboxylic acids is 4. The summed E-state index contributed by atoms with van der Waals surface area (Å²) in [6.07, 6.45) is -4.34. The van der Waals surface area contributed by atoms with Crippen LogP contribution in [-0.4, -0.2) is 224 Å². The van der Waals surface area contributed by atoms with Gasteiger partial charge in [-0.3, -0.25) is 81.7 Å². The highest BCUT2D eigenvalue weighted by molar-refractivity contribution is 7.98. The Hall–Kier alpha value is -9.72. The molecular formula is C53H82N16O21S. The molecule has 38 heteroatoms. The third-order valence-electron chi connectivity index (χ3n) is 12.9. The van der Waals surface area contributed by atoms with Gasteiger partial charge >= 0.3 is 23.9 Å². The summed E-state index contributed by atoms with van der Waals surface area (Å²) in [7, 11) is 0. The van der Waals surface area contributed by atoms with Gasteiger partial charge in [-0.2, -0.15) is 11.8 Å². The standard InChI is InChI=1S/C53H82N16O21S/c1-25(42(55)80)59-43(81)26(2)60-46(84)33(18-20-91-4)66-51(89)35(22-41(78)79)68-49(87)32(14-17-40(76)77)64-47(85)29(11-8-19-58-53(56)57)63-44(82)27(3)61-45(83)31(13-16-39(74)75)65-52(90)36(24-70)69-50(88)34(21-28-9-6-5-7-10-28)67-48(86)30(12-15-38(72)73)62-37(71)23-54/h5-7,9-10,25-27,29-36,70H,8,11-24,54H2,1-4H3,(H2,55,80)(H,59,81)(H,60,84)(H,61,83)(H,62,71)(H,63,82)(H,64,85)(H,65,90)(H,66,89)(H,67,86)(H,68,87)(H,69,88)(H,72,73)(H,74,75)(H,76,77)(H,78,79)(H4,56,57,58)/t25-,26-,27-,29-,30-,31-,32-,33-,34-,35-,36-/m0/s1. The summed E-state index contributed by atoms with van der Waals surface area (Å²) in [5, 5.41) is 73.5. The highest BCUT2D eigenvalue weighted by atomic mass is 32.2. The van der Waals surface area contributed by atoms with Crippen LogP contribution < -0.4 is 81.4 Å². The second-order valence-electron chi connectivity index (χ2n) is 20.3. The van der Waals surface area contributed by atoms with Crippen molar-refractivity contribution in [1.82, 2.24) is 58.5 Å². The minimum absolute atomic E-state index is 0.0867. The Balaban J connectivity index is 3.53. The highest BCUT2D eigenvalue weighted by Crippen LogP contribution is 2.11. The molecule has 0 aliphatic rings. The molecular weight excluding hydrogens is 1230 g/mol. The van der Waals surface area contributed by atoms with Gasteiger partial charge in [0.05, 0.1) is 19.6 Å². The number of aliphatic hydroxyl groups excluding tert-OH is 1. The summed E-state index contributed by atoms with van der Waals surface area (Å²) in [5.41, 5.74) is 21.9. The van der Waals surface area contributed by atoms with Gasteiger partial charge in [-0.1, -0.05) is 30.3 Å². The minimum atomic E-state index is -2.01. The maximum absolute atomic E-state index is 14.1. The number of nitrogens with two attached hydrogens (primary N) is 4. The van der Waals surface area contributed by atoms with Crippen molar-refractivity contribution in [1.29, 1.82) is 0 Å². The monoisotopic (exact) mass is 1310 g/mol. The van der Waals surface area contributed by atoms with Crippen molar-refractivity contribution in [2.45, 2.75) is 158 Å². The van der Waals surface area contributed by atoms with E-state index in [1.54, 1.807) is 36.6 Å². The molecule has 0 fully saturated rings. The van der Waals surface area contributed by atoms with Crippen molar-refractivity contribution in [2.75, 3.05) is 31.7 Å². The third-order valence-corrected chi connectivity index (χ3v) is 13.5. The summed E-state index contributed by atoms with van der Waals surface area (Å²) in [5.74, 6) is -19.2. The molecule has 0 aliphatic heterocycles. The van der Waals surface area contributed by atoms with Crippen molar-refractivity contribution in [3.05, 3.63) is 35.9 Å². The summed E-state index contributed by atoms with van der Waals surface area (Å²) >= 11 is 1.24. The number of aliphatic hydroxyl groups is 1. The van der Waals surface area contributed by atoms with Gasteiger partial charge in [0.25, 0.3) is 0 Å². The van der Waals surface area contributed by atoms with E-state index in [0.717, 1.165) is 6.92 Å². The van der Waals surface area contributed by atoms with Gasteiger partial charge in [-0.05, 0) is 76.9 Å². The quantitative estimate of drug-likeness (QED) is 0.0164. The van der Waals surface area contributed by atoms with Crippen LogP contribution in [0.4, 0.5) is 0 Å². The first kappa shape index (κ1) is 79.3. The molecule has 11 atom stereocenters. The number of aliphatic imine (C=N–C) groups is 1. The lowest BCUT2D eigenvalue weighted by Gasteiger charge is -2.27. The molecule has 0 unspecified atom stereocenters. The summed E-state index contributed by atoms with van der Waals surface area (Å²) < 4.78 is 0. The number of hydrogen-bond donors (Lipinski definition) is 20. The van der Waals surface area contributed by atoms with Crippen molar-refractivity contribution in [3.8, 4) is 0 Å². The van der Waals surface area contributed by atoms with Crippen LogP contribution in [0, 0.1) is 0 Å². The summed E-state index contributed by atoms with van der Waals surface area (Å²) in [6.45, 7) is 1.71. The number of carboxylic acids is 4. The Morgan fingerprint density at radius 2 is 0.813 bits per heavy atom. The highest BCUT2D eigenvalue weighted by Gasteiger charge is 2.36. The van der Waals surface area contributed by atoms with Crippen molar-refractivity contribution in [3.63, 3.8) is 0 Å². The molecule has 0 aromatic heterocycles. The van der Waals surface area contributed by atoms with Crippen LogP contribution >= 0.6 is 11.8 Å². The Bertz CT molecular complexity index is 2780. The number of nitrogens with one attached hydrogen (secondary N) is 11. The van der Waals surface area contributed by atoms with Gasteiger partial charge < -0.3 is 107 Å². The topological polar surface area (TPSA) is 623 Å². The van der Waals surface area contributed by atoms with Gasteiger partial charge in [0.2, 0.25) is 70.9 Å². The van der Waals surface area contributed by atoms with E-state index < -0.39 is 219 Å². The molecule has 91 heavy (non-hydrogen) atoms. The van der Waals surface area contributed by atoms with Crippen LogP contribution in [0.3, 0.4) is 0 Å². The van der Waals surface area contributed by atoms with E-state index in [2.05, 4.69) is 63.5 Å². The van der Waals surface area contributed by atoms with E-state index in [9.17, 15) is 102 Å². The molecule has 0 spiro atoms. The largest absolute Gasteiger partial charge is 0.481 e. The van der Waals surface area contributed by atoms with E-state index in [-0.39, 0.29) is 43.9 Å². The summed E-state index contributed by atoms with van der Waals surface area (Å²) in [4.78, 5) is 211. The molecule has 506 valence electrons. The van der Waals surface area contributed by atoms with E-state index in [1.807, 2.05) is 0 Å². The number of primary amides is 1. The van der Waals surface area contributed by atoms with Gasteiger partial charge in [0.1, 0.15) is 66.5 Å². The fourth-order valence-electron chi connectivity index (χ4n) is 7.88. The molecule has 1 rings (SSSR count). The van der Waals surface area contributed by atoms with E-state index in [4.69, 9.17) is 22.9 Å². The minimum Gasteiger partial charge on any atom is -0.481 e. The van der Waals surface area contributed by atoms with Crippen LogP contribution in [0.25, 0.3) is 0 Å². The number of benzene rings is 1. The molecule has 0 saturated heterocycles. The number of rotatable bonds is 44. The normalized spacial score (nSPS) is 14.4. The number of amides is 12. The second-order valence-corrected chi connectivity index (χ2v) is 21.3. The zero-order valence-electron chi connectivity index (χ0n) is 50.3. The molecule has 1 aromatic carbocycles. The fraction of sp³-hybridized carbons (Fsp3) is 0.566. The molecule has 0 heterocycles. The number of carboxylic acid groups (broad SMARTS) is 4. The van der Waals surface area contributed by atoms with Crippen LogP contribution in [0.1, 0.15) is 90.5 Å². The first-order chi connectivity index (χ1) is 42.7. The Morgan fingerprint density at radius 1 is 0.451 bits per heavy atom. The Labute approximate surface area is 525 Å². The second kappa shape index (κ2) is 41.5. The average molecular weight is 1310 g/mol. The molecule has 1 aromatic rings. The van der Waals surface area contributed by atoms with Crippen molar-refractivity contribution >= 4 is 112 Å². The lowest BCUT2D eigenvalue weighted by atomic mass is 10.0. The fourth-order valence-corrected chi connectivity index (χ4v) is 8.35. The zero-order chi connectivity index (χ0) is 69.1. The zero-order valence-corrected chi connectivity index (χ0v) is 51.1. The molecule has 0 aliphatic carbocycles. The maximum Gasteiger partial charge on any atom is 0.305 e. The lowest BCUT2D eigenvalue weighted by molar-refractivity contribution is -0.142. The Kier molecular flexibility index (Phi) is 36.2. The SMILES string of the molecule is CSCC[C@H](NC(=O)[C@H](CC(=O)O)NC(=O)[C@H](CCC(=O)O)NC(=O)[C@H](CCCN=C(N)N)NC(=O)[C@H](C)NC(=O)[C@H](CCC(=O)O)NC(=O)[C@H](CO)NC(=O)[C@H](Cc1ccccc1)NC(=O)[C@H](CCC(=O)O)NC(=O)CN)C(=O)N[C@@H](C)C(=O)N[C@@H](C)C(N)=O. The molecule has 12 amide bonds. The molecule has 37 nitrogen and oxygen atoms in total. The molecule has 0 bridgehead atoms. The number of hydrogen-bond acceptors (Lipinski definition) is 20. The lowest BCUT2D eigenvalue weighted by Crippen LogP contribution is -2.61. The van der Waals surface area contributed by atoms with E-state index >= 15 is 0 Å². The van der Waals surface area contributed by atoms with E-state index in [1.165, 1.54) is 25.6 Å². The Morgan fingerprint density at radius 3 is 1.24 bits per heavy atom. The van der Waals surface area contributed by atoms with Crippen LogP contribution in [-0.2, 0) is 83.1 Å². The average Bonchev–Trinajstić information content (AvgIpc) is 3.54. The van der Waals surface area contributed by atoms with Gasteiger partial charge in [0.15, 0.2) is 5.96 Å². The summed E-state index contributed by atoms with van der Waals surface area (Å²) in [6, 6.07) is -10.1. The van der Waals surface area contributed by atoms with Crippen molar-refractivity contribution < 1.29 is 102 Å². The van der Waals surface area contributed by atoms with Gasteiger partial charge in [-0.25, -0.2) is 0 Å². The van der Waals surface area contributed by atoms with Gasteiger partial charge in [-0.15, -0.1) is 0 Å². The number of guanidine groups is 1. The van der Waals surface area contributed by atoms with Crippen LogP contribution in [0.2, 0.25) is 0 Å². The number of carbonyl (C=O) groups is 16. The smallest absolute Gasteiger partial charge is 0.305 e. The first-order valence-corrected chi connectivity index (χ1v) is 29.5. The predicted octanol–water partition coefficient (Wildman–Crippen LogP) is -8.07. The van der Waals surface area contributed by atoms with Crippen molar-refractivity contribution in [2.24, 2.45) is 27.9 Å². The first-order valence-electron chi connectivity index (χ1n) is 28.1. The van der Waals surface area contributed by atoms with Crippen LogP contribution in [0.5, 0.6) is 0 Å². The number of carbonyl (C=O) groups excluding carboxylic acids is 12. The van der Waals surface area contributed by atoms with E-state index in [0.29, 0.717) is 5.56 Å². The van der Waals surface area contributed by atoms with Crippen LogP contribution in [0.15, 0.2) is 35.3 Å². The van der Waals surface area contributed by atoms with Gasteiger partial charge in [0, 0.05) is 32.2 Å².